The van der Waals surface area contributed by atoms with Crippen LogP contribution in [0.3, 0.4) is 0 Å². The van der Waals surface area contributed by atoms with Gasteiger partial charge in [-0.2, -0.15) is 0 Å². The highest BCUT2D eigenvalue weighted by atomic mass is 35.5. The lowest BCUT2D eigenvalue weighted by molar-refractivity contribution is 0.351. The van der Waals surface area contributed by atoms with Gasteiger partial charge in [0.1, 0.15) is 0 Å². The molecule has 0 aliphatic heterocycles. The van der Waals surface area contributed by atoms with Gasteiger partial charge in [-0.15, -0.1) is 0 Å². The second-order valence-electron chi connectivity index (χ2n) is 3.51. The van der Waals surface area contributed by atoms with Crippen LogP contribution in [0.25, 0.3) is 0 Å². The van der Waals surface area contributed by atoms with Crippen LogP contribution in [0.5, 0.6) is 0 Å². The number of nitrogens with two attached hydrogens (primary N) is 1. The molecule has 70 valence electrons. The molecule has 0 atom stereocenters. The minimum absolute atomic E-state index is 0.419. The van der Waals surface area contributed by atoms with Gasteiger partial charge in [0, 0.05) is 23.7 Å². The van der Waals surface area contributed by atoms with E-state index in [4.69, 9.17) is 17.3 Å². The molecule has 2 nitrogen and oxygen atoms in total. The average Bonchev–Trinajstić information content (AvgIpc) is 2.03. The predicted molar refractivity (Wildman–Crippen MR) is 53.2 cm³/mol. The van der Waals surface area contributed by atoms with Crippen LogP contribution in [0.4, 0.5) is 0 Å². The Morgan fingerprint density at radius 1 is 1.42 bits per heavy atom. The van der Waals surface area contributed by atoms with Crippen molar-refractivity contribution in [3.8, 4) is 0 Å². The third-order valence-electron chi connectivity index (χ3n) is 2.35. The minimum Gasteiger partial charge on any atom is -0.328 e. The molecule has 0 spiro atoms. The Morgan fingerprint density at radius 3 is 2.50 bits per heavy atom. The third-order valence-corrected chi connectivity index (χ3v) is 2.49. The van der Waals surface area contributed by atoms with Gasteiger partial charge in [0.05, 0.1) is 0 Å². The van der Waals surface area contributed by atoms with Crippen molar-refractivity contribution in [2.45, 2.75) is 37.8 Å². The van der Waals surface area contributed by atoms with Crippen molar-refractivity contribution < 1.29 is 0 Å². The van der Waals surface area contributed by atoms with Crippen molar-refractivity contribution in [1.29, 1.82) is 0 Å². The van der Waals surface area contributed by atoms with E-state index in [1.165, 1.54) is 12.8 Å². The summed E-state index contributed by atoms with van der Waals surface area (Å²) < 4.78 is 0. The minimum atomic E-state index is 0.419. The van der Waals surface area contributed by atoms with Gasteiger partial charge in [-0.05, 0) is 25.7 Å². The van der Waals surface area contributed by atoms with E-state index in [1.807, 2.05) is 0 Å². The van der Waals surface area contributed by atoms with Crippen LogP contribution in [0, 0.1) is 0 Å². The first-order valence-corrected chi connectivity index (χ1v) is 4.88. The molecule has 0 amide bonds. The lowest BCUT2D eigenvalue weighted by Crippen LogP contribution is -2.37. The first-order chi connectivity index (χ1) is 5.68. The largest absolute Gasteiger partial charge is 0.328 e. The zero-order valence-corrected chi connectivity index (χ0v) is 8.11. The van der Waals surface area contributed by atoms with Crippen molar-refractivity contribution in [2.75, 3.05) is 6.54 Å². The summed E-state index contributed by atoms with van der Waals surface area (Å²) >= 11 is 5.64. The molecule has 0 heterocycles. The highest BCUT2D eigenvalue weighted by Crippen LogP contribution is 2.16. The van der Waals surface area contributed by atoms with Crippen molar-refractivity contribution in [3.05, 3.63) is 11.6 Å². The molecule has 0 aromatic carbocycles. The number of halogens is 1. The lowest BCUT2D eigenvalue weighted by atomic mass is 9.92. The van der Waals surface area contributed by atoms with Crippen molar-refractivity contribution in [3.63, 3.8) is 0 Å². The molecule has 12 heavy (non-hydrogen) atoms. The predicted octanol–water partition coefficient (Wildman–Crippen LogP) is 1.60. The Kier molecular flexibility index (Phi) is 4.06. The van der Waals surface area contributed by atoms with Crippen molar-refractivity contribution in [1.82, 2.24) is 5.32 Å². The van der Waals surface area contributed by atoms with Gasteiger partial charge in [0.2, 0.25) is 0 Å². The monoisotopic (exact) mass is 188 g/mol. The van der Waals surface area contributed by atoms with E-state index in [0.29, 0.717) is 17.1 Å². The van der Waals surface area contributed by atoms with Crippen molar-refractivity contribution in [2.24, 2.45) is 5.73 Å². The van der Waals surface area contributed by atoms with Gasteiger partial charge < -0.3 is 11.1 Å². The van der Waals surface area contributed by atoms with Crippen LogP contribution in [0.1, 0.15) is 25.7 Å². The van der Waals surface area contributed by atoms with Gasteiger partial charge in [-0.3, -0.25) is 0 Å². The van der Waals surface area contributed by atoms with Crippen LogP contribution in [-0.2, 0) is 0 Å². The molecule has 1 rings (SSSR count). The zero-order chi connectivity index (χ0) is 8.97. The first-order valence-electron chi connectivity index (χ1n) is 4.50. The molecule has 0 aromatic rings. The summed E-state index contributed by atoms with van der Waals surface area (Å²) in [6.07, 6.45) is 4.61. The Balaban J connectivity index is 2.13. The fraction of sp³-hybridized carbons (Fsp3) is 0.778. The van der Waals surface area contributed by atoms with Crippen LogP contribution < -0.4 is 11.1 Å². The van der Waals surface area contributed by atoms with E-state index in [0.717, 1.165) is 19.4 Å². The van der Waals surface area contributed by atoms with Gasteiger partial charge in [-0.1, -0.05) is 18.2 Å². The molecule has 0 aromatic heterocycles. The molecule has 0 saturated heterocycles. The smallest absolute Gasteiger partial charge is 0.0310 e. The van der Waals surface area contributed by atoms with Crippen LogP contribution >= 0.6 is 11.6 Å². The lowest BCUT2D eigenvalue weighted by Gasteiger charge is -2.26. The summed E-state index contributed by atoms with van der Waals surface area (Å²) in [5, 5.41) is 4.04. The highest BCUT2D eigenvalue weighted by Gasteiger charge is 2.17. The van der Waals surface area contributed by atoms with E-state index in [1.54, 1.807) is 0 Å². The Morgan fingerprint density at radius 2 is 2.00 bits per heavy atom. The first kappa shape index (κ1) is 10.0. The van der Waals surface area contributed by atoms with E-state index < -0.39 is 0 Å². The van der Waals surface area contributed by atoms with E-state index in [2.05, 4.69) is 11.9 Å². The van der Waals surface area contributed by atoms with Crippen molar-refractivity contribution >= 4 is 11.6 Å². The quantitative estimate of drug-likeness (QED) is 0.706. The highest BCUT2D eigenvalue weighted by molar-refractivity contribution is 6.29. The molecule has 0 radical (unpaired) electrons. The number of rotatable bonds is 3. The molecular formula is C9H17ClN2. The maximum Gasteiger partial charge on any atom is 0.0310 e. The fourth-order valence-corrected chi connectivity index (χ4v) is 1.66. The Labute approximate surface area is 79.2 Å². The summed E-state index contributed by atoms with van der Waals surface area (Å²) in [5.41, 5.74) is 5.78. The third kappa shape index (κ3) is 3.57. The molecule has 3 heteroatoms. The molecular weight excluding hydrogens is 172 g/mol. The topological polar surface area (TPSA) is 38.0 Å². The summed E-state index contributed by atoms with van der Waals surface area (Å²) in [6, 6.07) is 1.02. The standard InChI is InChI=1S/C9H17ClN2/c1-7(10)6-12-9-4-2-8(11)3-5-9/h8-9,12H,1-6,11H2. The molecule has 1 aliphatic carbocycles. The summed E-state index contributed by atoms with van der Waals surface area (Å²) in [5.74, 6) is 0. The maximum atomic E-state index is 5.78. The zero-order valence-electron chi connectivity index (χ0n) is 7.35. The second kappa shape index (κ2) is 4.85. The average molecular weight is 189 g/mol. The number of nitrogens with one attached hydrogen (secondary N) is 1. The summed E-state index contributed by atoms with van der Waals surface area (Å²) in [4.78, 5) is 0. The summed E-state index contributed by atoms with van der Waals surface area (Å²) in [7, 11) is 0. The van der Waals surface area contributed by atoms with Gasteiger partial charge in [-0.25, -0.2) is 0 Å². The number of hydrogen-bond acceptors (Lipinski definition) is 2. The number of hydrogen-bond donors (Lipinski definition) is 2. The van der Waals surface area contributed by atoms with E-state index >= 15 is 0 Å². The molecule has 0 bridgehead atoms. The van der Waals surface area contributed by atoms with E-state index in [-0.39, 0.29) is 0 Å². The molecule has 1 fully saturated rings. The molecule has 3 N–H and O–H groups in total. The van der Waals surface area contributed by atoms with Crippen LogP contribution in [0.15, 0.2) is 11.6 Å². The van der Waals surface area contributed by atoms with Gasteiger partial charge in [0.15, 0.2) is 0 Å². The van der Waals surface area contributed by atoms with Gasteiger partial charge >= 0.3 is 0 Å². The van der Waals surface area contributed by atoms with Gasteiger partial charge in [0.25, 0.3) is 0 Å². The Hall–Kier alpha value is -0.0500. The maximum absolute atomic E-state index is 5.78. The molecule has 0 unspecified atom stereocenters. The second-order valence-corrected chi connectivity index (χ2v) is 4.04. The van der Waals surface area contributed by atoms with E-state index in [9.17, 15) is 0 Å². The molecule has 1 saturated carbocycles. The normalized spacial score (nSPS) is 30.2. The Bertz CT molecular complexity index is 151. The summed E-state index contributed by atoms with van der Waals surface area (Å²) in [6.45, 7) is 4.36. The SMILES string of the molecule is C=C(Cl)CNC1CCC(N)CC1. The van der Waals surface area contributed by atoms with Crippen LogP contribution in [0.2, 0.25) is 0 Å². The van der Waals surface area contributed by atoms with Crippen LogP contribution in [-0.4, -0.2) is 18.6 Å². The fourth-order valence-electron chi connectivity index (χ4n) is 1.58. The molecule has 1 aliphatic rings.